The van der Waals surface area contributed by atoms with E-state index in [9.17, 15) is 0 Å². The van der Waals surface area contributed by atoms with E-state index < -0.39 is 7.32 Å². The van der Waals surface area contributed by atoms with E-state index in [-0.39, 0.29) is 5.48 Å². The molecule has 0 aliphatic rings. The van der Waals surface area contributed by atoms with Gasteiger partial charge in [-0.15, -0.1) is 0 Å². The molecule has 5 heavy (non-hydrogen) atoms. The molecule has 0 amide bonds. The predicted octanol–water partition coefficient (Wildman–Crippen LogP) is -2.88. The van der Waals surface area contributed by atoms with Crippen LogP contribution >= 0.6 is 0 Å². The zero-order chi connectivity index (χ0) is 3.58. The second kappa shape index (κ2) is 3.90. The first-order valence-corrected chi connectivity index (χ1v) is 0.775. The van der Waals surface area contributed by atoms with Gasteiger partial charge in [-0.05, 0) is 0 Å². The summed E-state index contributed by atoms with van der Waals surface area (Å²) < 4.78 is 0. The molecule has 0 aromatic heterocycles. The fourth-order valence-electron chi connectivity index (χ4n) is 0. The van der Waals surface area contributed by atoms with Crippen LogP contribution in [0, 0.1) is 0 Å². The number of rotatable bonds is 0. The Hall–Kier alpha value is -0.0951. The summed E-state index contributed by atoms with van der Waals surface area (Å²) >= 11 is 0. The van der Waals surface area contributed by atoms with Crippen molar-refractivity contribution in [3.63, 3.8) is 0 Å². The van der Waals surface area contributed by atoms with Crippen molar-refractivity contribution in [2.24, 2.45) is 0 Å². The molecule has 4 nitrogen and oxygen atoms in total. The maximum absolute atomic E-state index is 7.17. The van der Waals surface area contributed by atoms with Gasteiger partial charge in [0.2, 0.25) is 0 Å². The van der Waals surface area contributed by atoms with Gasteiger partial charge in [-0.1, -0.05) is 0 Å². The molecule has 5 heteroatoms. The molecule has 0 bridgehead atoms. The molecule has 0 atom stereocenters. The smallest absolute Gasteiger partial charge is 0.412 e. The Balaban J connectivity index is 0. The second-order valence-corrected chi connectivity index (χ2v) is 0.346. The summed E-state index contributed by atoms with van der Waals surface area (Å²) in [6.07, 6.45) is 0. The third-order valence-corrected chi connectivity index (χ3v) is 0. The quantitative estimate of drug-likeness (QED) is 0.273. The molecular formula is H5BO4. The van der Waals surface area contributed by atoms with Crippen molar-refractivity contribution in [2.45, 2.75) is 0 Å². The highest BCUT2D eigenvalue weighted by molar-refractivity contribution is 6.30. The highest BCUT2D eigenvalue weighted by Gasteiger charge is 1.92. The maximum atomic E-state index is 7.17. The van der Waals surface area contributed by atoms with Crippen LogP contribution in [0.1, 0.15) is 0 Å². The average Bonchev–Trinajstić information content (AvgIpc) is 0.811. The molecule has 0 heterocycles. The van der Waals surface area contributed by atoms with Gasteiger partial charge >= 0.3 is 7.32 Å². The average molecular weight is 79.8 g/mol. The van der Waals surface area contributed by atoms with Gasteiger partial charge in [0.25, 0.3) is 0 Å². The molecular weight excluding hydrogens is 74.8 g/mol. The Kier molecular flexibility index (Phi) is 6.92. The molecule has 0 fully saturated rings. The van der Waals surface area contributed by atoms with Crippen LogP contribution in [-0.2, 0) is 0 Å². The molecule has 0 saturated heterocycles. The first kappa shape index (κ1) is 8.86. The first-order chi connectivity index (χ1) is 1.73. The maximum Gasteiger partial charge on any atom is 0.631 e. The first-order valence-electron chi connectivity index (χ1n) is 0.775. The van der Waals surface area contributed by atoms with Crippen molar-refractivity contribution in [2.75, 3.05) is 0 Å². The molecule has 0 saturated carbocycles. The molecule has 0 aromatic rings. The van der Waals surface area contributed by atoms with E-state index in [1.54, 1.807) is 0 Å². The molecule has 32 valence electrons. The lowest BCUT2D eigenvalue weighted by atomic mass is 10.3. The summed E-state index contributed by atoms with van der Waals surface area (Å²) in [5.41, 5.74) is 0. The predicted molar refractivity (Wildman–Crippen MR) is 16.0 cm³/mol. The van der Waals surface area contributed by atoms with Crippen LogP contribution in [-0.4, -0.2) is 27.9 Å². The molecule has 0 aliphatic heterocycles. The standard InChI is InChI=1S/BH3O3.H2O/c2-1(3)4;/h2-4H;1H2. The zero-order valence-electron chi connectivity index (χ0n) is 2.42. The summed E-state index contributed by atoms with van der Waals surface area (Å²) in [6.45, 7) is 0. The van der Waals surface area contributed by atoms with Gasteiger partial charge in [0.1, 0.15) is 0 Å². The Morgan fingerprint density at radius 3 is 1.00 bits per heavy atom. The summed E-state index contributed by atoms with van der Waals surface area (Å²) in [5.74, 6) is 0. The van der Waals surface area contributed by atoms with E-state index >= 15 is 0 Å². The van der Waals surface area contributed by atoms with Crippen LogP contribution in [0.4, 0.5) is 0 Å². The molecule has 5 N–H and O–H groups in total. The summed E-state index contributed by atoms with van der Waals surface area (Å²) in [4.78, 5) is 0. The minimum absolute atomic E-state index is 0. The minimum Gasteiger partial charge on any atom is -0.412 e. The highest BCUT2D eigenvalue weighted by Crippen LogP contribution is 1.40. The van der Waals surface area contributed by atoms with Crippen molar-refractivity contribution in [1.29, 1.82) is 0 Å². The van der Waals surface area contributed by atoms with Crippen LogP contribution in [0.2, 0.25) is 0 Å². The van der Waals surface area contributed by atoms with E-state index in [0.717, 1.165) is 0 Å². The molecule has 0 radical (unpaired) electrons. The van der Waals surface area contributed by atoms with E-state index in [4.69, 9.17) is 15.1 Å². The third kappa shape index (κ3) is 1570. The van der Waals surface area contributed by atoms with Crippen LogP contribution in [0.25, 0.3) is 0 Å². The minimum atomic E-state index is -2.17. The van der Waals surface area contributed by atoms with Gasteiger partial charge in [-0.3, -0.25) is 0 Å². The van der Waals surface area contributed by atoms with Gasteiger partial charge in [-0.25, -0.2) is 0 Å². The van der Waals surface area contributed by atoms with Gasteiger partial charge in [0.15, 0.2) is 0 Å². The van der Waals surface area contributed by atoms with Crippen LogP contribution in [0.15, 0.2) is 0 Å². The van der Waals surface area contributed by atoms with Crippen LogP contribution in [0.5, 0.6) is 0 Å². The lowest BCUT2D eigenvalue weighted by molar-refractivity contribution is 0.278. The third-order valence-electron chi connectivity index (χ3n) is 0. The lowest BCUT2D eigenvalue weighted by Crippen LogP contribution is -2.07. The van der Waals surface area contributed by atoms with Crippen molar-refractivity contribution in [3.8, 4) is 0 Å². The van der Waals surface area contributed by atoms with E-state index in [2.05, 4.69) is 0 Å². The van der Waals surface area contributed by atoms with Gasteiger partial charge in [-0.2, -0.15) is 0 Å². The largest absolute Gasteiger partial charge is 0.631 e. The number of hydrogen-bond donors (Lipinski definition) is 3. The summed E-state index contributed by atoms with van der Waals surface area (Å²) in [6, 6.07) is 0. The van der Waals surface area contributed by atoms with Gasteiger partial charge in [0.05, 0.1) is 0 Å². The molecule has 0 spiro atoms. The highest BCUT2D eigenvalue weighted by atomic mass is 16.5. The Morgan fingerprint density at radius 1 is 1.00 bits per heavy atom. The Labute approximate surface area is 29.2 Å². The fraction of sp³-hybridized carbons (Fsp3) is 0. The lowest BCUT2D eigenvalue weighted by Gasteiger charge is -1.69. The van der Waals surface area contributed by atoms with E-state index in [1.807, 2.05) is 0 Å². The van der Waals surface area contributed by atoms with Crippen molar-refractivity contribution < 1.29 is 20.5 Å². The molecule has 0 rings (SSSR count). The van der Waals surface area contributed by atoms with Crippen LogP contribution in [0.3, 0.4) is 0 Å². The van der Waals surface area contributed by atoms with E-state index in [0.29, 0.717) is 0 Å². The Morgan fingerprint density at radius 2 is 1.00 bits per heavy atom. The van der Waals surface area contributed by atoms with Crippen molar-refractivity contribution in [1.82, 2.24) is 0 Å². The van der Waals surface area contributed by atoms with Crippen molar-refractivity contribution >= 4 is 7.32 Å². The van der Waals surface area contributed by atoms with Gasteiger partial charge in [0, 0.05) is 0 Å². The van der Waals surface area contributed by atoms with E-state index in [1.165, 1.54) is 0 Å². The molecule has 0 unspecified atom stereocenters. The SMILES string of the molecule is O.OB(O)O. The Bertz CT molecular complexity index is 8.36. The second-order valence-electron chi connectivity index (χ2n) is 0.346. The summed E-state index contributed by atoms with van der Waals surface area (Å²) in [7, 11) is -2.17. The summed E-state index contributed by atoms with van der Waals surface area (Å²) in [5, 5.41) is 21.5. The topological polar surface area (TPSA) is 92.2 Å². The molecule has 0 aliphatic carbocycles. The number of hydrogen-bond acceptors (Lipinski definition) is 3. The van der Waals surface area contributed by atoms with Gasteiger partial charge < -0.3 is 20.5 Å². The monoisotopic (exact) mass is 80.0 g/mol. The van der Waals surface area contributed by atoms with Crippen LogP contribution < -0.4 is 0 Å². The zero-order valence-corrected chi connectivity index (χ0v) is 2.42. The normalized spacial score (nSPS) is 5.40. The fourth-order valence-corrected chi connectivity index (χ4v) is 0. The molecule has 0 aromatic carbocycles. The van der Waals surface area contributed by atoms with Crippen molar-refractivity contribution in [3.05, 3.63) is 0 Å².